The molecule has 1 aromatic heterocycles. The van der Waals surface area contributed by atoms with E-state index in [1.807, 2.05) is 0 Å². The van der Waals surface area contributed by atoms with Crippen molar-refractivity contribution in [1.29, 1.82) is 0 Å². The molecule has 1 saturated heterocycles. The first-order chi connectivity index (χ1) is 12.3. The molecule has 1 fully saturated rings. The zero-order chi connectivity index (χ0) is 18.7. The molecule has 0 radical (unpaired) electrons. The Morgan fingerprint density at radius 1 is 1.23 bits per heavy atom. The predicted molar refractivity (Wildman–Crippen MR) is 88.0 cm³/mol. The molecule has 1 atom stereocenters. The van der Waals surface area contributed by atoms with E-state index in [1.54, 1.807) is 24.5 Å². The van der Waals surface area contributed by atoms with Crippen LogP contribution in [0.1, 0.15) is 17.5 Å². The molecule has 26 heavy (non-hydrogen) atoms. The van der Waals surface area contributed by atoms with Crippen LogP contribution in [0, 0.1) is 5.92 Å². The zero-order valence-electron chi connectivity index (χ0n) is 13.7. The first-order valence-electron chi connectivity index (χ1n) is 7.99. The Hall–Kier alpha value is -2.90. The summed E-state index contributed by atoms with van der Waals surface area (Å²) < 4.78 is 38.5. The van der Waals surface area contributed by atoms with Gasteiger partial charge in [0.1, 0.15) is 0 Å². The maximum absolute atomic E-state index is 12.8. The Kier molecular flexibility index (Phi) is 4.92. The number of alkyl halides is 3. The smallest absolute Gasteiger partial charge is 0.352 e. The van der Waals surface area contributed by atoms with E-state index in [0.717, 1.165) is 17.7 Å². The van der Waals surface area contributed by atoms with Crippen LogP contribution in [0.15, 0.2) is 48.8 Å². The maximum Gasteiger partial charge on any atom is 0.416 e. The molecule has 1 N–H and O–H groups in total. The summed E-state index contributed by atoms with van der Waals surface area (Å²) in [6.45, 7) is 0.359. The van der Waals surface area contributed by atoms with Gasteiger partial charge in [0.2, 0.25) is 11.8 Å². The largest absolute Gasteiger partial charge is 0.416 e. The molecule has 8 heteroatoms. The predicted octanol–water partition coefficient (Wildman–Crippen LogP) is 2.77. The second kappa shape index (κ2) is 7.15. The normalized spacial score (nSPS) is 17.4. The third-order valence-corrected chi connectivity index (χ3v) is 4.20. The lowest BCUT2D eigenvalue weighted by atomic mass is 10.1. The summed E-state index contributed by atoms with van der Waals surface area (Å²) in [6.07, 6.45) is -1.30. The molecule has 1 aliphatic heterocycles. The molecule has 2 aromatic rings. The van der Waals surface area contributed by atoms with Crippen molar-refractivity contribution in [1.82, 2.24) is 10.3 Å². The van der Waals surface area contributed by atoms with Crippen molar-refractivity contribution >= 4 is 17.5 Å². The summed E-state index contributed by atoms with van der Waals surface area (Å²) >= 11 is 0. The molecule has 3 rings (SSSR count). The van der Waals surface area contributed by atoms with Gasteiger partial charge in [0, 0.05) is 37.6 Å². The molecule has 5 nitrogen and oxygen atoms in total. The second-order valence-corrected chi connectivity index (χ2v) is 6.03. The summed E-state index contributed by atoms with van der Waals surface area (Å²) in [5, 5.41) is 2.74. The molecule has 2 heterocycles. The van der Waals surface area contributed by atoms with Crippen molar-refractivity contribution in [2.75, 3.05) is 11.4 Å². The minimum Gasteiger partial charge on any atom is -0.352 e. The van der Waals surface area contributed by atoms with Crippen LogP contribution in [-0.4, -0.2) is 23.3 Å². The fourth-order valence-electron chi connectivity index (χ4n) is 2.82. The first kappa shape index (κ1) is 17.9. The number of anilines is 1. The fourth-order valence-corrected chi connectivity index (χ4v) is 2.82. The summed E-state index contributed by atoms with van der Waals surface area (Å²) in [7, 11) is 0. The highest BCUT2D eigenvalue weighted by Crippen LogP contribution is 2.33. The van der Waals surface area contributed by atoms with E-state index < -0.39 is 17.7 Å². The Morgan fingerprint density at radius 3 is 2.65 bits per heavy atom. The number of nitrogens with one attached hydrogen (secondary N) is 1. The number of hydrogen-bond acceptors (Lipinski definition) is 3. The fraction of sp³-hybridized carbons (Fsp3) is 0.278. The van der Waals surface area contributed by atoms with Gasteiger partial charge in [0.05, 0.1) is 11.5 Å². The van der Waals surface area contributed by atoms with Gasteiger partial charge >= 0.3 is 6.18 Å². The van der Waals surface area contributed by atoms with Crippen LogP contribution < -0.4 is 10.2 Å². The van der Waals surface area contributed by atoms with E-state index >= 15 is 0 Å². The Balaban J connectivity index is 1.66. The van der Waals surface area contributed by atoms with E-state index in [9.17, 15) is 22.8 Å². The lowest BCUT2D eigenvalue weighted by Crippen LogP contribution is -2.32. The molecule has 0 saturated carbocycles. The summed E-state index contributed by atoms with van der Waals surface area (Å²) in [6, 6.07) is 8.08. The van der Waals surface area contributed by atoms with Gasteiger partial charge in [0.15, 0.2) is 0 Å². The average Bonchev–Trinajstić information content (AvgIpc) is 3.02. The monoisotopic (exact) mass is 363 g/mol. The molecule has 2 amide bonds. The number of nitrogens with zero attached hydrogens (tertiary/aromatic N) is 2. The van der Waals surface area contributed by atoms with Gasteiger partial charge < -0.3 is 10.2 Å². The summed E-state index contributed by atoms with van der Waals surface area (Å²) in [5.41, 5.74) is 0.190. The van der Waals surface area contributed by atoms with Gasteiger partial charge in [-0.15, -0.1) is 0 Å². The van der Waals surface area contributed by atoms with Crippen molar-refractivity contribution in [3.63, 3.8) is 0 Å². The minimum absolute atomic E-state index is 0.0293. The highest BCUT2D eigenvalue weighted by molar-refractivity contribution is 6.00. The van der Waals surface area contributed by atoms with Gasteiger partial charge in [-0.3, -0.25) is 14.6 Å². The first-order valence-corrected chi connectivity index (χ1v) is 7.99. The summed E-state index contributed by atoms with van der Waals surface area (Å²) in [4.78, 5) is 29.6. The number of pyridine rings is 1. The molecular weight excluding hydrogens is 347 g/mol. The number of hydrogen-bond donors (Lipinski definition) is 1. The van der Waals surface area contributed by atoms with Gasteiger partial charge in [-0.25, -0.2) is 0 Å². The highest BCUT2D eigenvalue weighted by atomic mass is 19.4. The third-order valence-electron chi connectivity index (χ3n) is 4.20. The topological polar surface area (TPSA) is 62.3 Å². The third kappa shape index (κ3) is 4.01. The molecule has 0 spiro atoms. The van der Waals surface area contributed by atoms with Gasteiger partial charge in [-0.05, 0) is 35.9 Å². The standard InChI is InChI=1S/C18H16F3N3O2/c19-18(20,21)14-2-1-3-15(9-14)24-11-13(8-16(24)25)17(26)23-10-12-4-6-22-7-5-12/h1-7,9,13H,8,10-11H2,(H,23,26)/t13-/m0/s1. The van der Waals surface area contributed by atoms with Gasteiger partial charge in [0.25, 0.3) is 0 Å². The molecule has 0 aliphatic carbocycles. The van der Waals surface area contributed by atoms with Crippen molar-refractivity contribution in [2.24, 2.45) is 5.92 Å². The second-order valence-electron chi connectivity index (χ2n) is 6.03. The number of halogens is 3. The number of aromatic nitrogens is 1. The number of benzene rings is 1. The van der Waals surface area contributed by atoms with Crippen molar-refractivity contribution in [3.8, 4) is 0 Å². The quantitative estimate of drug-likeness (QED) is 0.909. The number of rotatable bonds is 4. The minimum atomic E-state index is -4.49. The van der Waals surface area contributed by atoms with E-state index in [2.05, 4.69) is 10.3 Å². The number of amides is 2. The molecule has 1 aliphatic rings. The average molecular weight is 363 g/mol. The summed E-state index contributed by atoms with van der Waals surface area (Å²) in [5.74, 6) is -1.27. The number of carbonyl (C=O) groups excluding carboxylic acids is 2. The lowest BCUT2D eigenvalue weighted by Gasteiger charge is -2.18. The van der Waals surface area contributed by atoms with Gasteiger partial charge in [-0.1, -0.05) is 6.07 Å². The molecular formula is C18H16F3N3O2. The van der Waals surface area contributed by atoms with Crippen LogP contribution >= 0.6 is 0 Å². The Bertz CT molecular complexity index is 809. The van der Waals surface area contributed by atoms with Crippen LogP contribution in [0.5, 0.6) is 0 Å². The van der Waals surface area contributed by atoms with Crippen LogP contribution in [0.25, 0.3) is 0 Å². The maximum atomic E-state index is 12.8. The van der Waals surface area contributed by atoms with Crippen molar-refractivity contribution in [2.45, 2.75) is 19.1 Å². The van der Waals surface area contributed by atoms with Crippen LogP contribution in [0.4, 0.5) is 18.9 Å². The molecule has 0 bridgehead atoms. The lowest BCUT2D eigenvalue weighted by molar-refractivity contribution is -0.137. The van der Waals surface area contributed by atoms with E-state index in [0.29, 0.717) is 6.54 Å². The van der Waals surface area contributed by atoms with E-state index in [-0.39, 0.29) is 30.5 Å². The van der Waals surface area contributed by atoms with Crippen molar-refractivity contribution < 1.29 is 22.8 Å². The van der Waals surface area contributed by atoms with Crippen LogP contribution in [0.2, 0.25) is 0 Å². The van der Waals surface area contributed by atoms with Crippen LogP contribution in [-0.2, 0) is 22.3 Å². The van der Waals surface area contributed by atoms with Crippen LogP contribution in [0.3, 0.4) is 0 Å². The SMILES string of the molecule is O=C(NCc1ccncc1)[C@H]1CC(=O)N(c2cccc(C(F)(F)F)c2)C1. The Morgan fingerprint density at radius 2 is 1.96 bits per heavy atom. The molecule has 0 unspecified atom stereocenters. The van der Waals surface area contributed by atoms with E-state index in [1.165, 1.54) is 17.0 Å². The van der Waals surface area contributed by atoms with Crippen molar-refractivity contribution in [3.05, 3.63) is 59.9 Å². The van der Waals surface area contributed by atoms with Gasteiger partial charge in [-0.2, -0.15) is 13.2 Å². The number of carbonyl (C=O) groups is 2. The van der Waals surface area contributed by atoms with E-state index in [4.69, 9.17) is 0 Å². The Labute approximate surface area is 147 Å². The molecule has 136 valence electrons. The molecule has 1 aromatic carbocycles. The highest BCUT2D eigenvalue weighted by Gasteiger charge is 2.36. The zero-order valence-corrected chi connectivity index (χ0v) is 13.7.